The van der Waals surface area contributed by atoms with Gasteiger partial charge in [0.25, 0.3) is 0 Å². The summed E-state index contributed by atoms with van der Waals surface area (Å²) >= 11 is 0. The Labute approximate surface area is 158 Å². The van der Waals surface area contributed by atoms with Gasteiger partial charge in [0, 0.05) is 0 Å². The van der Waals surface area contributed by atoms with E-state index in [4.69, 9.17) is 9.47 Å². The van der Waals surface area contributed by atoms with Gasteiger partial charge in [-0.15, -0.1) is 0 Å². The number of piperidine rings is 1. The number of hydrogen-bond donors (Lipinski definition) is 1. The molecule has 0 aliphatic carbocycles. The highest BCUT2D eigenvalue weighted by Crippen LogP contribution is 2.30. The highest BCUT2D eigenvalue weighted by molar-refractivity contribution is 5.82. The summed E-state index contributed by atoms with van der Waals surface area (Å²) in [5.41, 5.74) is 1.02. The maximum absolute atomic E-state index is 12.8. The summed E-state index contributed by atoms with van der Waals surface area (Å²) in [4.78, 5) is 15.1. The Morgan fingerprint density at radius 3 is 2.77 bits per heavy atom. The average Bonchev–Trinajstić information content (AvgIpc) is 2.66. The van der Waals surface area contributed by atoms with E-state index in [0.717, 1.165) is 50.1 Å². The van der Waals surface area contributed by atoms with E-state index < -0.39 is 0 Å². The molecule has 1 saturated heterocycles. The van der Waals surface area contributed by atoms with Gasteiger partial charge in [0.15, 0.2) is 11.5 Å². The predicted octanol–water partition coefficient (Wildman–Crippen LogP) is 3.93. The summed E-state index contributed by atoms with van der Waals surface area (Å²) in [5.74, 6) is 1.59. The molecule has 1 fully saturated rings. The fraction of sp³-hybridized carbons (Fsp3) is 0.667. The van der Waals surface area contributed by atoms with Gasteiger partial charge in [0.05, 0.1) is 25.8 Å². The van der Waals surface area contributed by atoms with E-state index in [1.807, 2.05) is 25.1 Å². The molecular formula is C21H34N2O3. The van der Waals surface area contributed by atoms with Crippen molar-refractivity contribution in [3.63, 3.8) is 0 Å². The fourth-order valence-electron chi connectivity index (χ4n) is 3.52. The minimum absolute atomic E-state index is 0.000191. The molecule has 1 heterocycles. The lowest BCUT2D eigenvalue weighted by molar-refractivity contribution is -0.128. The van der Waals surface area contributed by atoms with Gasteiger partial charge in [0.2, 0.25) is 5.91 Å². The summed E-state index contributed by atoms with van der Waals surface area (Å²) in [6, 6.07) is 5.82. The van der Waals surface area contributed by atoms with Crippen molar-refractivity contribution < 1.29 is 14.3 Å². The van der Waals surface area contributed by atoms with Crippen molar-refractivity contribution in [3.8, 4) is 11.5 Å². The molecule has 2 rings (SSSR count). The van der Waals surface area contributed by atoms with Crippen LogP contribution in [0.2, 0.25) is 0 Å². The largest absolute Gasteiger partial charge is 0.493 e. The van der Waals surface area contributed by atoms with E-state index >= 15 is 0 Å². The second-order valence-corrected chi connectivity index (χ2v) is 7.04. The maximum atomic E-state index is 12.8. The molecule has 2 unspecified atom stereocenters. The second-order valence-electron chi connectivity index (χ2n) is 7.04. The molecule has 1 N–H and O–H groups in total. The van der Waals surface area contributed by atoms with Crippen molar-refractivity contribution in [1.82, 2.24) is 10.2 Å². The third-order valence-corrected chi connectivity index (χ3v) is 4.94. The molecule has 5 nitrogen and oxygen atoms in total. The van der Waals surface area contributed by atoms with E-state index in [1.165, 1.54) is 6.42 Å². The Kier molecular flexibility index (Phi) is 8.23. The highest BCUT2D eigenvalue weighted by Gasteiger charge is 2.28. The summed E-state index contributed by atoms with van der Waals surface area (Å²) in [6.45, 7) is 8.94. The van der Waals surface area contributed by atoms with Crippen molar-refractivity contribution in [1.29, 1.82) is 0 Å². The van der Waals surface area contributed by atoms with Gasteiger partial charge in [-0.2, -0.15) is 0 Å². The number of nitrogens with one attached hydrogen (secondary N) is 1. The number of methoxy groups -OCH3 is 1. The van der Waals surface area contributed by atoms with Crippen LogP contribution in [0.25, 0.3) is 0 Å². The van der Waals surface area contributed by atoms with Crippen LogP contribution >= 0.6 is 0 Å². The molecule has 0 bridgehead atoms. The van der Waals surface area contributed by atoms with Crippen molar-refractivity contribution in [2.45, 2.75) is 65.0 Å². The van der Waals surface area contributed by atoms with Gasteiger partial charge >= 0.3 is 0 Å². The van der Waals surface area contributed by atoms with E-state index in [0.29, 0.717) is 12.4 Å². The fourth-order valence-corrected chi connectivity index (χ4v) is 3.52. The molecular weight excluding hydrogens is 328 g/mol. The molecule has 1 amide bonds. The summed E-state index contributed by atoms with van der Waals surface area (Å²) in [7, 11) is 1.64. The molecule has 2 atom stereocenters. The van der Waals surface area contributed by atoms with Crippen LogP contribution in [-0.4, -0.2) is 43.7 Å². The Morgan fingerprint density at radius 2 is 2.08 bits per heavy atom. The molecule has 0 aromatic heterocycles. The maximum Gasteiger partial charge on any atom is 0.237 e. The topological polar surface area (TPSA) is 50.8 Å². The normalized spacial score (nSPS) is 19.0. The van der Waals surface area contributed by atoms with Crippen LogP contribution in [0, 0.1) is 0 Å². The average molecular weight is 363 g/mol. The van der Waals surface area contributed by atoms with Crippen LogP contribution < -0.4 is 14.8 Å². The van der Waals surface area contributed by atoms with Crippen LogP contribution in [0.15, 0.2) is 18.2 Å². The first-order valence-electron chi connectivity index (χ1n) is 9.95. The van der Waals surface area contributed by atoms with Gasteiger partial charge in [0.1, 0.15) is 0 Å². The molecule has 1 aromatic carbocycles. The number of carbonyl (C=O) groups is 1. The third kappa shape index (κ3) is 5.37. The molecule has 1 aromatic rings. The van der Waals surface area contributed by atoms with E-state index in [1.54, 1.807) is 7.11 Å². The zero-order valence-electron chi connectivity index (χ0n) is 16.7. The summed E-state index contributed by atoms with van der Waals surface area (Å²) in [5, 5.41) is 3.19. The van der Waals surface area contributed by atoms with Crippen molar-refractivity contribution in [2.24, 2.45) is 0 Å². The van der Waals surface area contributed by atoms with Crippen LogP contribution in [0.1, 0.15) is 64.5 Å². The Bertz CT molecular complexity index is 574. The predicted molar refractivity (Wildman–Crippen MR) is 105 cm³/mol. The second kappa shape index (κ2) is 10.4. The summed E-state index contributed by atoms with van der Waals surface area (Å²) < 4.78 is 11.2. The van der Waals surface area contributed by atoms with Gasteiger partial charge in [-0.05, 0) is 63.4 Å². The van der Waals surface area contributed by atoms with Crippen LogP contribution in [0.5, 0.6) is 11.5 Å². The number of carbonyl (C=O) groups excluding carboxylic acids is 1. The minimum Gasteiger partial charge on any atom is -0.493 e. The quantitative estimate of drug-likeness (QED) is 0.723. The van der Waals surface area contributed by atoms with Gasteiger partial charge < -0.3 is 14.8 Å². The van der Waals surface area contributed by atoms with E-state index in [2.05, 4.69) is 24.1 Å². The molecule has 1 aliphatic rings. The third-order valence-electron chi connectivity index (χ3n) is 4.94. The van der Waals surface area contributed by atoms with Gasteiger partial charge in [-0.3, -0.25) is 9.69 Å². The van der Waals surface area contributed by atoms with Gasteiger partial charge in [-0.1, -0.05) is 26.3 Å². The van der Waals surface area contributed by atoms with Gasteiger partial charge in [-0.25, -0.2) is 0 Å². The molecule has 146 valence electrons. The number of benzene rings is 1. The number of hydrogen-bond acceptors (Lipinski definition) is 4. The standard InChI is InChI=1S/C21H34N2O3/c1-5-12-23-13-8-7-9-18(23)21(24)22-16(3)17-10-11-19(26-14-6-2)20(15-17)25-4/h10-11,15-16,18H,5-9,12-14H2,1-4H3,(H,22,24). The number of ether oxygens (including phenoxy) is 2. The SMILES string of the molecule is CCCOc1ccc(C(C)NC(=O)C2CCCCN2CCC)cc1OC. The van der Waals surface area contributed by atoms with Crippen molar-refractivity contribution in [2.75, 3.05) is 26.8 Å². The number of likely N-dealkylation sites (tertiary alicyclic amines) is 1. The zero-order chi connectivity index (χ0) is 18.9. The first-order valence-corrected chi connectivity index (χ1v) is 9.95. The molecule has 0 spiro atoms. The Morgan fingerprint density at radius 1 is 1.27 bits per heavy atom. The number of nitrogens with zero attached hydrogens (tertiary/aromatic N) is 1. The van der Waals surface area contributed by atoms with Crippen LogP contribution in [-0.2, 0) is 4.79 Å². The lowest BCUT2D eigenvalue weighted by Crippen LogP contribution is -2.50. The first-order chi connectivity index (χ1) is 12.6. The van der Waals surface area contributed by atoms with E-state index in [-0.39, 0.29) is 18.0 Å². The lowest BCUT2D eigenvalue weighted by Gasteiger charge is -2.35. The summed E-state index contributed by atoms with van der Waals surface area (Å²) in [6.07, 6.45) is 5.30. The van der Waals surface area contributed by atoms with Crippen molar-refractivity contribution in [3.05, 3.63) is 23.8 Å². The molecule has 1 aliphatic heterocycles. The minimum atomic E-state index is -0.0676. The van der Waals surface area contributed by atoms with Crippen molar-refractivity contribution >= 4 is 5.91 Å². The lowest BCUT2D eigenvalue weighted by atomic mass is 10.00. The number of rotatable bonds is 9. The monoisotopic (exact) mass is 362 g/mol. The zero-order valence-corrected chi connectivity index (χ0v) is 16.7. The molecule has 0 saturated carbocycles. The first kappa shape index (κ1) is 20.6. The Balaban J connectivity index is 2.03. The Hall–Kier alpha value is -1.75. The smallest absolute Gasteiger partial charge is 0.237 e. The van der Waals surface area contributed by atoms with Crippen LogP contribution in [0.3, 0.4) is 0 Å². The molecule has 5 heteroatoms. The number of amides is 1. The molecule has 0 radical (unpaired) electrons. The van der Waals surface area contributed by atoms with E-state index in [9.17, 15) is 4.79 Å². The highest BCUT2D eigenvalue weighted by atomic mass is 16.5. The molecule has 26 heavy (non-hydrogen) atoms. The van der Waals surface area contributed by atoms with Crippen LogP contribution in [0.4, 0.5) is 0 Å².